The number of benzene rings is 1. The van der Waals surface area contributed by atoms with Crippen LogP contribution in [0, 0.1) is 11.6 Å². The monoisotopic (exact) mass is 413 g/mol. The Hall–Kier alpha value is -2.59. The molecule has 0 saturated heterocycles. The fourth-order valence-corrected chi connectivity index (χ4v) is 3.06. The Labute approximate surface area is 165 Å². The smallest absolute Gasteiger partial charge is 0.357 e. The number of ether oxygens (including phenoxy) is 2. The Kier molecular flexibility index (Phi) is 8.27. The second kappa shape index (κ2) is 10.7. The highest BCUT2D eigenvalue weighted by atomic mass is 32.1. The predicted octanol–water partition coefficient (Wildman–Crippen LogP) is 3.67. The lowest BCUT2D eigenvalue weighted by Gasteiger charge is -2.22. The third-order valence-corrected chi connectivity index (χ3v) is 4.49. The second-order valence-corrected chi connectivity index (χ2v) is 6.59. The number of nitrogens with one attached hydrogen (secondary N) is 1. The van der Waals surface area contributed by atoms with Crippen LogP contribution in [-0.2, 0) is 16.0 Å². The lowest BCUT2D eigenvalue weighted by Crippen LogP contribution is -2.36. The maximum Gasteiger partial charge on any atom is 0.357 e. The van der Waals surface area contributed by atoms with Gasteiger partial charge in [0.2, 0.25) is 0 Å². The summed E-state index contributed by atoms with van der Waals surface area (Å²) in [6.07, 6.45) is 0.558. The molecule has 152 valence electrons. The zero-order valence-electron chi connectivity index (χ0n) is 15.5. The normalized spacial score (nSPS) is 10.6. The summed E-state index contributed by atoms with van der Waals surface area (Å²) < 4.78 is 36.8. The minimum atomic E-state index is -0.871. The molecule has 1 aromatic heterocycles. The van der Waals surface area contributed by atoms with Crippen LogP contribution >= 0.6 is 11.3 Å². The van der Waals surface area contributed by atoms with Crippen molar-refractivity contribution in [2.45, 2.75) is 19.9 Å². The van der Waals surface area contributed by atoms with E-state index in [1.165, 1.54) is 28.7 Å². The fraction of sp³-hybridized carbons (Fsp3) is 0.389. The van der Waals surface area contributed by atoms with Gasteiger partial charge >= 0.3 is 12.0 Å². The van der Waals surface area contributed by atoms with Crippen LogP contribution in [0.25, 0.3) is 0 Å². The highest BCUT2D eigenvalue weighted by Crippen LogP contribution is 2.18. The van der Waals surface area contributed by atoms with E-state index in [4.69, 9.17) is 4.74 Å². The van der Waals surface area contributed by atoms with E-state index in [1.54, 1.807) is 0 Å². The van der Waals surface area contributed by atoms with Gasteiger partial charge in [-0.2, -0.15) is 0 Å². The van der Waals surface area contributed by atoms with Crippen molar-refractivity contribution in [3.05, 3.63) is 45.9 Å². The number of aromatic nitrogens is 1. The van der Waals surface area contributed by atoms with Crippen LogP contribution in [0.5, 0.6) is 0 Å². The summed E-state index contributed by atoms with van der Waals surface area (Å²) in [4.78, 5) is 29.7. The van der Waals surface area contributed by atoms with Crippen LogP contribution < -0.4 is 5.32 Å². The van der Waals surface area contributed by atoms with E-state index in [1.807, 2.05) is 6.92 Å². The fourth-order valence-electron chi connectivity index (χ4n) is 2.28. The molecule has 0 aliphatic heterocycles. The van der Waals surface area contributed by atoms with Gasteiger partial charge in [-0.3, -0.25) is 0 Å². The van der Waals surface area contributed by atoms with Crippen LogP contribution in [0.2, 0.25) is 0 Å². The largest absolute Gasteiger partial charge is 0.464 e. The number of nitrogens with zero attached hydrogens (tertiary/aromatic N) is 2. The molecule has 2 aromatic rings. The maximum atomic E-state index is 13.8. The van der Waals surface area contributed by atoms with Crippen molar-refractivity contribution in [2.24, 2.45) is 0 Å². The maximum absolute atomic E-state index is 13.8. The van der Waals surface area contributed by atoms with Gasteiger partial charge in [0.25, 0.3) is 0 Å². The first-order valence-electron chi connectivity index (χ1n) is 8.56. The number of esters is 1. The number of hydrogen-bond donors (Lipinski definition) is 1. The van der Waals surface area contributed by atoms with Gasteiger partial charge < -0.3 is 19.7 Å². The topological polar surface area (TPSA) is 80.8 Å². The predicted molar refractivity (Wildman–Crippen MR) is 100 cm³/mol. The van der Waals surface area contributed by atoms with Crippen molar-refractivity contribution in [2.75, 3.05) is 32.2 Å². The number of thiazole rings is 1. The molecule has 0 unspecified atom stereocenters. The molecule has 0 fully saturated rings. The number of carbonyl (C=O) groups is 2. The Morgan fingerprint density at radius 1 is 1.32 bits per heavy atom. The van der Waals surface area contributed by atoms with Gasteiger partial charge in [-0.15, -0.1) is 11.3 Å². The molecule has 28 heavy (non-hydrogen) atoms. The van der Waals surface area contributed by atoms with Crippen molar-refractivity contribution in [1.29, 1.82) is 0 Å². The second-order valence-electron chi connectivity index (χ2n) is 5.64. The highest BCUT2D eigenvalue weighted by molar-refractivity contribution is 7.09. The van der Waals surface area contributed by atoms with Gasteiger partial charge in [0, 0.05) is 31.2 Å². The van der Waals surface area contributed by atoms with E-state index in [-0.39, 0.29) is 17.9 Å². The van der Waals surface area contributed by atoms with Gasteiger partial charge in [0.05, 0.1) is 19.3 Å². The van der Waals surface area contributed by atoms with Crippen molar-refractivity contribution >= 4 is 29.0 Å². The molecular weight excluding hydrogens is 392 g/mol. The summed E-state index contributed by atoms with van der Waals surface area (Å²) >= 11 is 1.21. The molecule has 7 nitrogen and oxygen atoms in total. The highest BCUT2D eigenvalue weighted by Gasteiger charge is 2.19. The van der Waals surface area contributed by atoms with Gasteiger partial charge in [0.15, 0.2) is 5.69 Å². The molecule has 0 radical (unpaired) electrons. The molecule has 0 aliphatic carbocycles. The molecule has 1 heterocycles. The summed E-state index contributed by atoms with van der Waals surface area (Å²) in [5, 5.41) is 4.49. The molecule has 2 rings (SSSR count). The molecule has 0 bridgehead atoms. The quantitative estimate of drug-likeness (QED) is 0.501. The average molecular weight is 413 g/mol. The van der Waals surface area contributed by atoms with E-state index >= 15 is 0 Å². The summed E-state index contributed by atoms with van der Waals surface area (Å²) in [7, 11) is 1.26. The number of hydrogen-bond acceptors (Lipinski definition) is 6. The number of rotatable bonds is 9. The Morgan fingerprint density at radius 3 is 2.79 bits per heavy atom. The lowest BCUT2D eigenvalue weighted by atomic mass is 10.3. The minimum Gasteiger partial charge on any atom is -0.464 e. The number of amides is 2. The van der Waals surface area contributed by atoms with Crippen LogP contribution in [0.3, 0.4) is 0 Å². The molecule has 2 amide bonds. The van der Waals surface area contributed by atoms with Crippen molar-refractivity contribution in [3.63, 3.8) is 0 Å². The Balaban J connectivity index is 2.09. The van der Waals surface area contributed by atoms with Crippen LogP contribution in [0.4, 0.5) is 19.3 Å². The molecule has 1 N–H and O–H groups in total. The lowest BCUT2D eigenvalue weighted by molar-refractivity contribution is 0.0594. The minimum absolute atomic E-state index is 0.114. The zero-order chi connectivity index (χ0) is 20.5. The first-order chi connectivity index (χ1) is 13.4. The van der Waals surface area contributed by atoms with Crippen molar-refractivity contribution in [1.82, 2.24) is 9.88 Å². The van der Waals surface area contributed by atoms with Crippen LogP contribution in [0.1, 0.15) is 28.8 Å². The summed E-state index contributed by atoms with van der Waals surface area (Å²) in [6.45, 7) is 3.31. The van der Waals surface area contributed by atoms with Gasteiger partial charge in [-0.25, -0.2) is 23.4 Å². The zero-order valence-corrected chi connectivity index (χ0v) is 16.4. The molecule has 0 atom stereocenters. The number of methoxy groups -OCH3 is 1. The van der Waals surface area contributed by atoms with Gasteiger partial charge in [-0.05, 0) is 25.5 Å². The molecular formula is C18H21F2N3O4S. The van der Waals surface area contributed by atoms with E-state index in [0.29, 0.717) is 37.3 Å². The number of anilines is 1. The molecule has 1 aromatic carbocycles. The van der Waals surface area contributed by atoms with Crippen molar-refractivity contribution < 1.29 is 27.8 Å². The molecule has 0 aliphatic rings. The Morgan fingerprint density at radius 2 is 2.11 bits per heavy atom. The van der Waals surface area contributed by atoms with E-state index < -0.39 is 23.6 Å². The van der Waals surface area contributed by atoms with Crippen molar-refractivity contribution in [3.8, 4) is 0 Å². The molecule has 10 heteroatoms. The van der Waals surface area contributed by atoms with E-state index in [9.17, 15) is 18.4 Å². The number of carbonyl (C=O) groups excluding carboxylic acids is 2. The summed E-state index contributed by atoms with van der Waals surface area (Å²) in [5.41, 5.74) is 0.0253. The number of urea groups is 1. The SMILES string of the molecule is CCOCCCN(Cc1nc(C(=O)OC)cs1)C(=O)Nc1ccc(F)cc1F. The van der Waals surface area contributed by atoms with Crippen LogP contribution in [-0.4, -0.2) is 48.8 Å². The summed E-state index contributed by atoms with van der Waals surface area (Å²) in [5.74, 6) is -2.17. The standard InChI is InChI=1S/C18H21F2N3O4S/c1-3-27-8-4-7-23(10-16-21-15(11-28-16)17(24)26-2)18(25)22-14-6-5-12(19)9-13(14)20/h5-6,9,11H,3-4,7-8,10H2,1-2H3,(H,22,25). The van der Waals surface area contributed by atoms with Gasteiger partial charge in [-0.1, -0.05) is 0 Å². The van der Waals surface area contributed by atoms with Gasteiger partial charge in [0.1, 0.15) is 16.6 Å². The summed E-state index contributed by atoms with van der Waals surface area (Å²) in [6, 6.07) is 2.33. The molecule has 0 saturated carbocycles. The third-order valence-electron chi connectivity index (χ3n) is 3.65. The first-order valence-corrected chi connectivity index (χ1v) is 9.44. The average Bonchev–Trinajstić information content (AvgIpc) is 3.14. The van der Waals surface area contributed by atoms with Crippen LogP contribution in [0.15, 0.2) is 23.6 Å². The third kappa shape index (κ3) is 6.24. The number of halogens is 2. The first kappa shape index (κ1) is 21.7. The van der Waals surface area contributed by atoms with E-state index in [0.717, 1.165) is 12.1 Å². The Bertz CT molecular complexity index is 816. The molecule has 0 spiro atoms. The van der Waals surface area contributed by atoms with E-state index in [2.05, 4.69) is 15.0 Å².